The molecule has 2 heterocycles. The lowest BCUT2D eigenvalue weighted by Gasteiger charge is -2.45. The van der Waals surface area contributed by atoms with E-state index in [2.05, 4.69) is 39.1 Å². The molecule has 0 aromatic heterocycles. The summed E-state index contributed by atoms with van der Waals surface area (Å²) < 4.78 is 5.99. The van der Waals surface area contributed by atoms with Gasteiger partial charge in [0.2, 0.25) is 5.60 Å². The van der Waals surface area contributed by atoms with E-state index in [0.29, 0.717) is 18.8 Å². The smallest absolute Gasteiger partial charge is 0.331 e. The maximum atomic E-state index is 13.4. The predicted octanol–water partition coefficient (Wildman–Crippen LogP) is 2.66. The Morgan fingerprint density at radius 2 is 1.93 bits per heavy atom. The van der Waals surface area contributed by atoms with Gasteiger partial charge in [0.15, 0.2) is 0 Å². The van der Waals surface area contributed by atoms with Crippen LogP contribution in [0.15, 0.2) is 35.5 Å². The fourth-order valence-electron chi connectivity index (χ4n) is 5.27. The summed E-state index contributed by atoms with van der Waals surface area (Å²) in [5, 5.41) is 23.4. The Morgan fingerprint density at radius 3 is 2.60 bits per heavy atom. The second-order valence-corrected chi connectivity index (χ2v) is 9.64. The maximum absolute atomic E-state index is 13.4. The number of rotatable bonds is 2. The summed E-state index contributed by atoms with van der Waals surface area (Å²) >= 11 is 0. The monoisotopic (exact) mass is 417 g/mol. The van der Waals surface area contributed by atoms with Crippen LogP contribution in [0.1, 0.15) is 53.9 Å². The van der Waals surface area contributed by atoms with Crippen molar-refractivity contribution in [2.75, 3.05) is 0 Å². The van der Waals surface area contributed by atoms with E-state index in [0.717, 1.165) is 18.1 Å². The van der Waals surface area contributed by atoms with E-state index in [1.54, 1.807) is 0 Å². The van der Waals surface area contributed by atoms with Crippen molar-refractivity contribution >= 4 is 11.9 Å². The second-order valence-electron chi connectivity index (χ2n) is 9.64. The standard InChI is InChI=1S/C24H35NO5/c1-13(2)10-18-22-16(5)15(4)12-17-11-14(3)6-7-19(26)20(27)8-9-21(28)30-24(17,22)23(29)25-18/h8-9,11-13,16-20,22,26-27H,6-7,10H2,1-5H3,(H,25,29)/b9-8+,14-11+/t16-,17-,18+,19+,20-,22+,24-/m1/s1. The van der Waals surface area contributed by atoms with E-state index in [4.69, 9.17) is 4.74 Å². The van der Waals surface area contributed by atoms with Crippen molar-refractivity contribution < 1.29 is 24.5 Å². The zero-order valence-corrected chi connectivity index (χ0v) is 18.6. The molecule has 3 rings (SSSR count). The zero-order chi connectivity index (χ0) is 22.2. The van der Waals surface area contributed by atoms with Gasteiger partial charge in [0.25, 0.3) is 5.91 Å². The van der Waals surface area contributed by atoms with Crippen LogP contribution in [0.3, 0.4) is 0 Å². The summed E-state index contributed by atoms with van der Waals surface area (Å²) in [5.41, 5.74) is 0.858. The second kappa shape index (κ2) is 8.67. The molecule has 1 aliphatic carbocycles. The van der Waals surface area contributed by atoms with E-state index in [-0.39, 0.29) is 29.7 Å². The first-order valence-corrected chi connectivity index (χ1v) is 11.0. The fraction of sp³-hybridized carbons (Fsp3) is 0.667. The minimum absolute atomic E-state index is 0.0785. The first-order valence-electron chi connectivity index (χ1n) is 11.0. The van der Waals surface area contributed by atoms with Gasteiger partial charge in [0, 0.05) is 24.0 Å². The van der Waals surface area contributed by atoms with Crippen LogP contribution in [-0.2, 0) is 14.3 Å². The molecule has 30 heavy (non-hydrogen) atoms. The van der Waals surface area contributed by atoms with Gasteiger partial charge in [-0.05, 0) is 51.0 Å². The number of esters is 1. The van der Waals surface area contributed by atoms with E-state index in [9.17, 15) is 19.8 Å². The summed E-state index contributed by atoms with van der Waals surface area (Å²) in [6, 6.07) is -0.0792. The molecular weight excluding hydrogens is 382 g/mol. The topological polar surface area (TPSA) is 95.9 Å². The van der Waals surface area contributed by atoms with Gasteiger partial charge in [-0.25, -0.2) is 4.79 Å². The molecule has 1 spiro atoms. The number of ether oxygens (including phenoxy) is 1. The minimum atomic E-state index is -1.32. The highest BCUT2D eigenvalue weighted by molar-refractivity contribution is 5.94. The highest BCUT2D eigenvalue weighted by Crippen LogP contribution is 2.50. The SMILES string of the molecule is CC1=C[C@H]2/C=C(\C)CC[C@H](O)[C@H](O)/C=C/C(=O)O[C@]23C(=O)N[C@@H](CC(C)C)[C@@H]3[C@@H]1C. The number of aliphatic hydroxyl groups excluding tert-OH is 2. The number of hydrogen-bond acceptors (Lipinski definition) is 5. The van der Waals surface area contributed by atoms with Crippen molar-refractivity contribution in [3.05, 3.63) is 35.5 Å². The number of nitrogens with one attached hydrogen (secondary N) is 1. The Labute approximate surface area is 179 Å². The molecule has 2 aliphatic heterocycles. The Bertz CT molecular complexity index is 782. The van der Waals surface area contributed by atoms with Crippen LogP contribution in [0.5, 0.6) is 0 Å². The Morgan fingerprint density at radius 1 is 1.23 bits per heavy atom. The van der Waals surface area contributed by atoms with Crippen LogP contribution in [-0.4, -0.2) is 45.9 Å². The van der Waals surface area contributed by atoms with E-state index >= 15 is 0 Å². The molecule has 6 nitrogen and oxygen atoms in total. The summed E-state index contributed by atoms with van der Waals surface area (Å²) in [6.07, 6.45) is 6.06. The first kappa shape index (κ1) is 22.8. The molecule has 6 heteroatoms. The van der Waals surface area contributed by atoms with E-state index in [1.807, 2.05) is 13.0 Å². The van der Waals surface area contributed by atoms with Crippen LogP contribution < -0.4 is 5.32 Å². The highest BCUT2D eigenvalue weighted by Gasteiger charge is 2.64. The van der Waals surface area contributed by atoms with Gasteiger partial charge in [0.1, 0.15) is 0 Å². The summed E-state index contributed by atoms with van der Waals surface area (Å²) in [5.74, 6) is -1.02. The molecule has 1 saturated heterocycles. The van der Waals surface area contributed by atoms with Gasteiger partial charge in [-0.3, -0.25) is 4.79 Å². The molecule has 0 aromatic rings. The quantitative estimate of drug-likeness (QED) is 0.474. The van der Waals surface area contributed by atoms with Crippen molar-refractivity contribution in [1.82, 2.24) is 5.32 Å². The zero-order valence-electron chi connectivity index (χ0n) is 18.6. The molecule has 3 aliphatic rings. The summed E-state index contributed by atoms with van der Waals surface area (Å²) in [4.78, 5) is 26.2. The number of hydrogen-bond donors (Lipinski definition) is 3. The van der Waals surface area contributed by atoms with Gasteiger partial charge in [-0.2, -0.15) is 0 Å². The highest BCUT2D eigenvalue weighted by atomic mass is 16.6. The predicted molar refractivity (Wildman–Crippen MR) is 114 cm³/mol. The average molecular weight is 418 g/mol. The average Bonchev–Trinajstić information content (AvgIpc) is 2.93. The third-order valence-corrected chi connectivity index (χ3v) is 6.91. The summed E-state index contributed by atoms with van der Waals surface area (Å²) in [7, 11) is 0. The first-order chi connectivity index (χ1) is 14.1. The van der Waals surface area contributed by atoms with E-state index < -0.39 is 23.8 Å². The third-order valence-electron chi connectivity index (χ3n) is 6.91. The molecule has 166 valence electrons. The largest absolute Gasteiger partial charge is 0.444 e. The van der Waals surface area contributed by atoms with Crippen molar-refractivity contribution in [3.8, 4) is 0 Å². The van der Waals surface area contributed by atoms with Crippen LogP contribution in [0, 0.1) is 23.7 Å². The third kappa shape index (κ3) is 4.12. The number of carbonyl (C=O) groups excluding carboxylic acids is 2. The molecular formula is C24H35NO5. The molecule has 0 saturated carbocycles. The van der Waals surface area contributed by atoms with Gasteiger partial charge in [-0.15, -0.1) is 0 Å². The Hall–Kier alpha value is -1.92. The lowest BCUT2D eigenvalue weighted by atomic mass is 9.63. The normalized spacial score (nSPS) is 42.5. The Balaban J connectivity index is 2.13. The molecule has 0 unspecified atom stereocenters. The van der Waals surface area contributed by atoms with Gasteiger partial charge >= 0.3 is 5.97 Å². The molecule has 7 atom stereocenters. The Kier molecular flexibility index (Phi) is 6.58. The number of amides is 1. The minimum Gasteiger partial charge on any atom is -0.444 e. The van der Waals surface area contributed by atoms with Crippen LogP contribution >= 0.6 is 0 Å². The molecule has 0 bridgehead atoms. The number of aliphatic hydroxyl groups is 2. The van der Waals surface area contributed by atoms with Crippen molar-refractivity contribution in [2.24, 2.45) is 23.7 Å². The fourth-order valence-corrected chi connectivity index (χ4v) is 5.27. The van der Waals surface area contributed by atoms with Crippen LogP contribution in [0.25, 0.3) is 0 Å². The molecule has 3 N–H and O–H groups in total. The van der Waals surface area contributed by atoms with Gasteiger partial charge < -0.3 is 20.3 Å². The van der Waals surface area contributed by atoms with Crippen molar-refractivity contribution in [2.45, 2.75) is 77.7 Å². The lowest BCUT2D eigenvalue weighted by Crippen LogP contribution is -2.56. The summed E-state index contributed by atoms with van der Waals surface area (Å²) in [6.45, 7) is 10.4. The number of allylic oxidation sites excluding steroid dienone is 2. The van der Waals surface area contributed by atoms with Crippen LogP contribution in [0.2, 0.25) is 0 Å². The molecule has 1 amide bonds. The van der Waals surface area contributed by atoms with E-state index in [1.165, 1.54) is 11.6 Å². The molecule has 1 fully saturated rings. The van der Waals surface area contributed by atoms with Crippen LogP contribution in [0.4, 0.5) is 0 Å². The molecule has 0 aromatic carbocycles. The van der Waals surface area contributed by atoms with Gasteiger partial charge in [-0.1, -0.05) is 44.1 Å². The maximum Gasteiger partial charge on any atom is 0.331 e. The number of carbonyl (C=O) groups is 2. The van der Waals surface area contributed by atoms with Crippen molar-refractivity contribution in [1.29, 1.82) is 0 Å². The lowest BCUT2D eigenvalue weighted by molar-refractivity contribution is -0.172. The van der Waals surface area contributed by atoms with Crippen molar-refractivity contribution in [3.63, 3.8) is 0 Å². The van der Waals surface area contributed by atoms with Gasteiger partial charge in [0.05, 0.1) is 12.2 Å². The molecule has 0 radical (unpaired) electrons.